The van der Waals surface area contributed by atoms with Gasteiger partial charge in [-0.1, -0.05) is 11.6 Å². The molecule has 2 rings (SSSR count). The van der Waals surface area contributed by atoms with E-state index in [0.717, 1.165) is 32.0 Å². The average Bonchev–Trinajstić information content (AvgIpc) is 2.41. The molecule has 1 heterocycles. The van der Waals surface area contributed by atoms with E-state index in [1.165, 1.54) is 17.7 Å². The summed E-state index contributed by atoms with van der Waals surface area (Å²) in [5.74, 6) is -0.599. The topological polar surface area (TPSA) is 67.2 Å². The van der Waals surface area contributed by atoms with Gasteiger partial charge in [0.15, 0.2) is 0 Å². The minimum Gasteiger partial charge on any atom is -0.379 e. The van der Waals surface area contributed by atoms with Crippen LogP contribution < -0.4 is 10.6 Å². The van der Waals surface area contributed by atoms with Crippen molar-refractivity contribution in [3.05, 3.63) is 45.8 Å². The lowest BCUT2D eigenvalue weighted by atomic mass is 10.1. The van der Waals surface area contributed by atoms with Gasteiger partial charge in [0, 0.05) is 13.1 Å². The summed E-state index contributed by atoms with van der Waals surface area (Å²) < 4.78 is 13.0. The quantitative estimate of drug-likeness (QED) is 0.487. The number of rotatable bonds is 5. The highest BCUT2D eigenvalue weighted by Crippen LogP contribution is 2.25. The van der Waals surface area contributed by atoms with Gasteiger partial charge in [-0.25, -0.2) is 4.39 Å². The lowest BCUT2D eigenvalue weighted by Crippen LogP contribution is -2.21. The molecule has 1 aromatic rings. The largest absolute Gasteiger partial charge is 0.379 e. The van der Waals surface area contributed by atoms with Gasteiger partial charge in [0.05, 0.1) is 11.0 Å². The minimum atomic E-state index is -0.599. The van der Waals surface area contributed by atoms with Crippen molar-refractivity contribution in [1.82, 2.24) is 5.32 Å². The first-order valence-corrected chi connectivity index (χ1v) is 6.23. The lowest BCUT2D eigenvalue weighted by Gasteiger charge is -2.14. The highest BCUT2D eigenvalue weighted by molar-refractivity contribution is 5.61. The van der Waals surface area contributed by atoms with Crippen molar-refractivity contribution in [2.75, 3.05) is 25.0 Å². The maximum Gasteiger partial charge on any atom is 0.295 e. The summed E-state index contributed by atoms with van der Waals surface area (Å²) in [6.07, 6.45) is 3.99. The molecule has 5 nitrogen and oxygen atoms in total. The van der Waals surface area contributed by atoms with Gasteiger partial charge in [-0.3, -0.25) is 10.1 Å². The first-order valence-electron chi connectivity index (χ1n) is 6.23. The fraction of sp³-hybridized carbons (Fsp3) is 0.385. The Morgan fingerprint density at radius 3 is 3.00 bits per heavy atom. The first-order chi connectivity index (χ1) is 9.16. The fourth-order valence-corrected chi connectivity index (χ4v) is 2.06. The summed E-state index contributed by atoms with van der Waals surface area (Å²) in [7, 11) is 0. The standard InChI is InChI=1S/C13H16FN3O2/c14-11-1-2-12(13(9-11)17(18)19)16-8-5-10-3-6-15-7-4-10/h1-3,9,15-16H,4-8H2. The number of nitrogens with one attached hydrogen (secondary N) is 2. The van der Waals surface area contributed by atoms with Crippen molar-refractivity contribution in [1.29, 1.82) is 0 Å². The van der Waals surface area contributed by atoms with Crippen LogP contribution in [0.15, 0.2) is 29.8 Å². The average molecular weight is 265 g/mol. The van der Waals surface area contributed by atoms with Crippen LogP contribution in [0.3, 0.4) is 0 Å². The van der Waals surface area contributed by atoms with Crippen molar-refractivity contribution in [2.45, 2.75) is 12.8 Å². The summed E-state index contributed by atoms with van der Waals surface area (Å²) in [4.78, 5) is 10.2. The fourth-order valence-electron chi connectivity index (χ4n) is 2.06. The van der Waals surface area contributed by atoms with Crippen molar-refractivity contribution in [2.24, 2.45) is 0 Å². The van der Waals surface area contributed by atoms with E-state index in [1.807, 2.05) is 0 Å². The van der Waals surface area contributed by atoms with Crippen molar-refractivity contribution in [3.8, 4) is 0 Å². The van der Waals surface area contributed by atoms with Gasteiger partial charge in [0.2, 0.25) is 0 Å². The summed E-state index contributed by atoms with van der Waals surface area (Å²) in [5.41, 5.74) is 1.48. The van der Waals surface area contributed by atoms with E-state index in [-0.39, 0.29) is 5.69 Å². The molecule has 0 radical (unpaired) electrons. The van der Waals surface area contributed by atoms with E-state index in [4.69, 9.17) is 0 Å². The summed E-state index contributed by atoms with van der Waals surface area (Å²) in [6, 6.07) is 3.57. The minimum absolute atomic E-state index is 0.223. The maximum absolute atomic E-state index is 13.0. The van der Waals surface area contributed by atoms with E-state index in [0.29, 0.717) is 12.2 Å². The highest BCUT2D eigenvalue weighted by atomic mass is 19.1. The van der Waals surface area contributed by atoms with Crippen LogP contribution in [0, 0.1) is 15.9 Å². The second kappa shape index (κ2) is 6.29. The van der Waals surface area contributed by atoms with Crippen LogP contribution >= 0.6 is 0 Å². The zero-order valence-electron chi connectivity index (χ0n) is 10.5. The molecule has 6 heteroatoms. The molecular formula is C13H16FN3O2. The zero-order valence-corrected chi connectivity index (χ0v) is 10.5. The third-order valence-corrected chi connectivity index (χ3v) is 3.08. The van der Waals surface area contributed by atoms with Crippen molar-refractivity contribution < 1.29 is 9.31 Å². The molecule has 0 fully saturated rings. The van der Waals surface area contributed by atoms with Gasteiger partial charge in [-0.05, 0) is 31.5 Å². The number of nitro benzene ring substituents is 1. The molecule has 1 aromatic carbocycles. The predicted octanol–water partition coefficient (Wildman–Crippen LogP) is 2.46. The van der Waals surface area contributed by atoms with Crippen LogP contribution in [-0.2, 0) is 0 Å². The third-order valence-electron chi connectivity index (χ3n) is 3.08. The van der Waals surface area contributed by atoms with Gasteiger partial charge < -0.3 is 10.6 Å². The van der Waals surface area contributed by atoms with Gasteiger partial charge in [0.1, 0.15) is 11.5 Å². The van der Waals surface area contributed by atoms with E-state index in [2.05, 4.69) is 16.7 Å². The molecule has 0 saturated carbocycles. The molecule has 0 aromatic heterocycles. The number of halogens is 1. The number of hydrogen-bond acceptors (Lipinski definition) is 4. The molecule has 1 aliphatic rings. The van der Waals surface area contributed by atoms with Crippen LogP contribution in [0.1, 0.15) is 12.8 Å². The second-order valence-electron chi connectivity index (χ2n) is 4.41. The number of nitrogens with zero attached hydrogens (tertiary/aromatic N) is 1. The summed E-state index contributed by atoms with van der Waals surface area (Å²) in [5, 5.41) is 17.0. The Morgan fingerprint density at radius 1 is 1.47 bits per heavy atom. The van der Waals surface area contributed by atoms with Gasteiger partial charge in [0.25, 0.3) is 5.69 Å². The molecule has 0 saturated heterocycles. The molecular weight excluding hydrogens is 249 g/mol. The maximum atomic E-state index is 13.0. The van der Waals surface area contributed by atoms with Gasteiger partial charge in [-0.2, -0.15) is 0 Å². The Morgan fingerprint density at radius 2 is 2.32 bits per heavy atom. The SMILES string of the molecule is O=[N+]([O-])c1cc(F)ccc1NCCC1=CCNCC1. The van der Waals surface area contributed by atoms with Gasteiger partial charge in [-0.15, -0.1) is 0 Å². The number of benzene rings is 1. The molecule has 0 unspecified atom stereocenters. The van der Waals surface area contributed by atoms with Crippen LogP contribution in [0.5, 0.6) is 0 Å². The Bertz CT molecular complexity index is 503. The van der Waals surface area contributed by atoms with Crippen LogP contribution in [0.2, 0.25) is 0 Å². The van der Waals surface area contributed by atoms with E-state index >= 15 is 0 Å². The number of hydrogen-bond donors (Lipinski definition) is 2. The molecule has 0 bridgehead atoms. The van der Waals surface area contributed by atoms with Crippen molar-refractivity contribution in [3.63, 3.8) is 0 Å². The monoisotopic (exact) mass is 265 g/mol. The number of anilines is 1. The zero-order chi connectivity index (χ0) is 13.7. The van der Waals surface area contributed by atoms with E-state index < -0.39 is 10.7 Å². The molecule has 0 amide bonds. The molecule has 0 spiro atoms. The third kappa shape index (κ3) is 3.75. The van der Waals surface area contributed by atoms with E-state index in [9.17, 15) is 14.5 Å². The molecule has 102 valence electrons. The second-order valence-corrected chi connectivity index (χ2v) is 4.41. The predicted molar refractivity (Wildman–Crippen MR) is 71.7 cm³/mol. The normalized spacial score (nSPS) is 14.9. The highest BCUT2D eigenvalue weighted by Gasteiger charge is 2.14. The van der Waals surface area contributed by atoms with Crippen LogP contribution in [-0.4, -0.2) is 24.6 Å². The Kier molecular flexibility index (Phi) is 4.46. The first kappa shape index (κ1) is 13.5. The molecule has 1 aliphatic heterocycles. The Hall–Kier alpha value is -1.95. The van der Waals surface area contributed by atoms with Gasteiger partial charge >= 0.3 is 0 Å². The molecule has 0 atom stereocenters. The van der Waals surface area contributed by atoms with Crippen LogP contribution in [0.4, 0.5) is 15.8 Å². The number of nitro groups is 1. The molecule has 0 aliphatic carbocycles. The molecule has 2 N–H and O–H groups in total. The van der Waals surface area contributed by atoms with E-state index in [1.54, 1.807) is 0 Å². The van der Waals surface area contributed by atoms with Crippen LogP contribution in [0.25, 0.3) is 0 Å². The Labute approximate surface area is 110 Å². The summed E-state index contributed by atoms with van der Waals surface area (Å²) >= 11 is 0. The Balaban J connectivity index is 1.95. The summed E-state index contributed by atoms with van der Waals surface area (Å²) in [6.45, 7) is 2.47. The molecule has 19 heavy (non-hydrogen) atoms. The lowest BCUT2D eigenvalue weighted by molar-refractivity contribution is -0.384. The van der Waals surface area contributed by atoms with Crippen molar-refractivity contribution >= 4 is 11.4 Å². The smallest absolute Gasteiger partial charge is 0.295 e.